The molecule has 1 aromatic carbocycles. The van der Waals surface area contributed by atoms with Crippen molar-refractivity contribution in [2.45, 2.75) is 31.7 Å². The van der Waals surface area contributed by atoms with E-state index in [2.05, 4.69) is 39.9 Å². The lowest BCUT2D eigenvalue weighted by Crippen LogP contribution is -2.44. The molecular formula is C17H25N3O2S. The quantitative estimate of drug-likeness (QED) is 0.632. The van der Waals surface area contributed by atoms with E-state index < -0.39 is 9.84 Å². The van der Waals surface area contributed by atoms with E-state index in [9.17, 15) is 8.42 Å². The average molecular weight is 335 g/mol. The highest BCUT2D eigenvalue weighted by Gasteiger charge is 2.38. The molecule has 0 aromatic heterocycles. The van der Waals surface area contributed by atoms with Crippen LogP contribution in [0.4, 0.5) is 0 Å². The number of guanidine groups is 1. The van der Waals surface area contributed by atoms with Crippen molar-refractivity contribution < 1.29 is 8.42 Å². The van der Waals surface area contributed by atoms with Crippen LogP contribution >= 0.6 is 0 Å². The lowest BCUT2D eigenvalue weighted by molar-refractivity contribution is 0.599. The van der Waals surface area contributed by atoms with Crippen LogP contribution in [0.1, 0.15) is 31.2 Å². The van der Waals surface area contributed by atoms with Crippen LogP contribution in [0, 0.1) is 5.92 Å². The SMILES string of the molecule is CCNC(=NCC1CC1c1ccccc1)NC1CCS(=O)(=O)C1. The van der Waals surface area contributed by atoms with Crippen LogP contribution in [-0.2, 0) is 9.84 Å². The number of hydrogen-bond acceptors (Lipinski definition) is 3. The van der Waals surface area contributed by atoms with Gasteiger partial charge < -0.3 is 10.6 Å². The van der Waals surface area contributed by atoms with Gasteiger partial charge in [0.1, 0.15) is 0 Å². The summed E-state index contributed by atoms with van der Waals surface area (Å²) in [5, 5.41) is 6.49. The summed E-state index contributed by atoms with van der Waals surface area (Å²) in [6, 6.07) is 10.6. The number of benzene rings is 1. The number of aliphatic imine (C=N–C) groups is 1. The molecule has 1 heterocycles. The summed E-state index contributed by atoms with van der Waals surface area (Å²) in [6.07, 6.45) is 1.85. The fourth-order valence-corrected chi connectivity index (χ4v) is 4.86. The topological polar surface area (TPSA) is 70.6 Å². The Kier molecular flexibility index (Phi) is 4.90. The van der Waals surface area contributed by atoms with E-state index in [1.165, 1.54) is 12.0 Å². The highest BCUT2D eigenvalue weighted by atomic mass is 32.2. The van der Waals surface area contributed by atoms with Crippen LogP contribution in [0.25, 0.3) is 0 Å². The number of rotatable bonds is 5. The molecule has 0 spiro atoms. The van der Waals surface area contributed by atoms with Gasteiger partial charge in [0.15, 0.2) is 15.8 Å². The molecule has 0 bridgehead atoms. The van der Waals surface area contributed by atoms with Gasteiger partial charge in [-0.1, -0.05) is 30.3 Å². The van der Waals surface area contributed by atoms with Crippen molar-refractivity contribution in [2.75, 3.05) is 24.6 Å². The van der Waals surface area contributed by atoms with Crippen molar-refractivity contribution in [1.29, 1.82) is 0 Å². The molecule has 3 rings (SSSR count). The standard InChI is InChI=1S/C17H25N3O2S/c1-2-18-17(20-15-8-9-23(21,22)12-15)19-11-14-10-16(14)13-6-4-3-5-7-13/h3-7,14-16H,2,8-12H2,1H3,(H2,18,19,20). The first kappa shape index (κ1) is 16.3. The van der Waals surface area contributed by atoms with E-state index in [1.54, 1.807) is 0 Å². The zero-order valence-electron chi connectivity index (χ0n) is 13.5. The highest BCUT2D eigenvalue weighted by molar-refractivity contribution is 7.91. The third-order valence-electron chi connectivity index (χ3n) is 4.55. The predicted octanol–water partition coefficient (Wildman–Crippen LogP) is 1.53. The maximum absolute atomic E-state index is 11.6. The third-order valence-corrected chi connectivity index (χ3v) is 6.32. The fraction of sp³-hybridized carbons (Fsp3) is 0.588. The van der Waals surface area contributed by atoms with Gasteiger partial charge in [-0.05, 0) is 37.2 Å². The van der Waals surface area contributed by atoms with Gasteiger partial charge in [0.05, 0.1) is 11.5 Å². The normalized spacial score (nSPS) is 29.3. The molecule has 126 valence electrons. The number of nitrogens with one attached hydrogen (secondary N) is 2. The largest absolute Gasteiger partial charge is 0.357 e. The van der Waals surface area contributed by atoms with E-state index in [4.69, 9.17) is 0 Å². The second-order valence-corrected chi connectivity index (χ2v) is 8.71. The molecule has 1 saturated carbocycles. The smallest absolute Gasteiger partial charge is 0.191 e. The van der Waals surface area contributed by atoms with E-state index in [0.717, 1.165) is 19.0 Å². The predicted molar refractivity (Wildman–Crippen MR) is 93.5 cm³/mol. The second kappa shape index (κ2) is 6.91. The van der Waals surface area contributed by atoms with Gasteiger partial charge in [0.25, 0.3) is 0 Å². The Morgan fingerprint density at radius 3 is 2.74 bits per heavy atom. The molecule has 2 aliphatic rings. The van der Waals surface area contributed by atoms with Gasteiger partial charge in [-0.3, -0.25) is 4.99 Å². The zero-order chi connectivity index (χ0) is 16.3. The van der Waals surface area contributed by atoms with E-state index >= 15 is 0 Å². The minimum atomic E-state index is -2.87. The lowest BCUT2D eigenvalue weighted by Gasteiger charge is -2.15. The summed E-state index contributed by atoms with van der Waals surface area (Å²) in [5.74, 6) is 2.46. The van der Waals surface area contributed by atoms with Crippen LogP contribution in [0.2, 0.25) is 0 Å². The van der Waals surface area contributed by atoms with Gasteiger partial charge >= 0.3 is 0 Å². The van der Waals surface area contributed by atoms with Gasteiger partial charge in [-0.25, -0.2) is 8.42 Å². The van der Waals surface area contributed by atoms with Crippen LogP contribution in [0.5, 0.6) is 0 Å². The van der Waals surface area contributed by atoms with Crippen molar-refractivity contribution in [1.82, 2.24) is 10.6 Å². The molecule has 1 aliphatic carbocycles. The van der Waals surface area contributed by atoms with Crippen LogP contribution in [0.15, 0.2) is 35.3 Å². The first-order valence-electron chi connectivity index (χ1n) is 8.37. The minimum absolute atomic E-state index is 0.0121. The van der Waals surface area contributed by atoms with Crippen molar-refractivity contribution in [3.8, 4) is 0 Å². The van der Waals surface area contributed by atoms with Crippen LogP contribution < -0.4 is 10.6 Å². The molecule has 3 unspecified atom stereocenters. The van der Waals surface area contributed by atoms with Gasteiger partial charge in [0.2, 0.25) is 0 Å². The Labute approximate surface area is 138 Å². The van der Waals surface area contributed by atoms with Gasteiger partial charge in [-0.2, -0.15) is 0 Å². The van der Waals surface area contributed by atoms with E-state index in [0.29, 0.717) is 18.3 Å². The van der Waals surface area contributed by atoms with Crippen LogP contribution in [0.3, 0.4) is 0 Å². The monoisotopic (exact) mass is 335 g/mol. The Balaban J connectivity index is 1.54. The molecule has 2 N–H and O–H groups in total. The second-order valence-electron chi connectivity index (χ2n) is 6.48. The molecule has 3 atom stereocenters. The Bertz CT molecular complexity index is 658. The average Bonchev–Trinajstić information content (AvgIpc) is 3.23. The molecule has 1 aliphatic heterocycles. The summed E-state index contributed by atoms with van der Waals surface area (Å²) in [4.78, 5) is 4.66. The summed E-state index contributed by atoms with van der Waals surface area (Å²) in [5.41, 5.74) is 1.40. The van der Waals surface area contributed by atoms with E-state index in [1.807, 2.05) is 13.0 Å². The van der Waals surface area contributed by atoms with Crippen molar-refractivity contribution in [3.63, 3.8) is 0 Å². The Morgan fingerprint density at radius 1 is 1.30 bits per heavy atom. The molecule has 0 amide bonds. The maximum atomic E-state index is 11.6. The molecule has 6 heteroatoms. The molecular weight excluding hydrogens is 310 g/mol. The van der Waals surface area contributed by atoms with Crippen LogP contribution in [-0.4, -0.2) is 45.0 Å². The fourth-order valence-electron chi connectivity index (χ4n) is 3.19. The summed E-state index contributed by atoms with van der Waals surface area (Å²) < 4.78 is 23.1. The van der Waals surface area contributed by atoms with Gasteiger partial charge in [-0.15, -0.1) is 0 Å². The molecule has 0 radical (unpaired) electrons. The third kappa shape index (κ3) is 4.47. The molecule has 23 heavy (non-hydrogen) atoms. The number of sulfone groups is 1. The summed E-state index contributed by atoms with van der Waals surface area (Å²) >= 11 is 0. The van der Waals surface area contributed by atoms with Crippen molar-refractivity contribution in [3.05, 3.63) is 35.9 Å². The Hall–Kier alpha value is -1.56. The Morgan fingerprint density at radius 2 is 2.09 bits per heavy atom. The molecule has 1 aromatic rings. The minimum Gasteiger partial charge on any atom is -0.357 e. The highest BCUT2D eigenvalue weighted by Crippen LogP contribution is 2.47. The lowest BCUT2D eigenvalue weighted by atomic mass is 10.1. The maximum Gasteiger partial charge on any atom is 0.191 e. The van der Waals surface area contributed by atoms with Crippen molar-refractivity contribution >= 4 is 15.8 Å². The van der Waals surface area contributed by atoms with E-state index in [-0.39, 0.29) is 17.5 Å². The zero-order valence-corrected chi connectivity index (χ0v) is 14.3. The van der Waals surface area contributed by atoms with Crippen molar-refractivity contribution in [2.24, 2.45) is 10.9 Å². The molecule has 2 fully saturated rings. The molecule has 5 nitrogen and oxygen atoms in total. The number of nitrogens with zero attached hydrogens (tertiary/aromatic N) is 1. The summed E-state index contributed by atoms with van der Waals surface area (Å²) in [7, 11) is -2.87. The number of hydrogen-bond donors (Lipinski definition) is 2. The first-order valence-corrected chi connectivity index (χ1v) is 10.2. The van der Waals surface area contributed by atoms with Gasteiger partial charge in [0, 0.05) is 19.1 Å². The summed E-state index contributed by atoms with van der Waals surface area (Å²) in [6.45, 7) is 3.58. The molecule has 1 saturated heterocycles. The first-order chi connectivity index (χ1) is 11.1.